The van der Waals surface area contributed by atoms with Gasteiger partial charge in [-0.25, -0.2) is 0 Å². The second-order valence-corrected chi connectivity index (χ2v) is 4.59. The van der Waals surface area contributed by atoms with Crippen LogP contribution in [0.25, 0.3) is 0 Å². The van der Waals surface area contributed by atoms with Crippen molar-refractivity contribution >= 4 is 5.91 Å². The Labute approximate surface area is 116 Å². The minimum atomic E-state index is -4.40. The summed E-state index contributed by atoms with van der Waals surface area (Å²) in [6.45, 7) is 4.40. The zero-order valence-corrected chi connectivity index (χ0v) is 11.6. The molecule has 1 rings (SSSR count). The molecule has 0 aliphatic rings. The summed E-state index contributed by atoms with van der Waals surface area (Å²) in [4.78, 5) is 11.6. The smallest absolute Gasteiger partial charge is 0.352 e. The van der Waals surface area contributed by atoms with Crippen LogP contribution in [-0.2, 0) is 17.5 Å². The lowest BCUT2D eigenvalue weighted by atomic mass is 10.1. The summed E-state index contributed by atoms with van der Waals surface area (Å²) in [6.07, 6.45) is -4.17. The summed E-state index contributed by atoms with van der Waals surface area (Å²) in [5.41, 5.74) is -0.635. The molecular weight excluding hydrogens is 269 g/mol. The molecule has 1 atom stereocenters. The van der Waals surface area contributed by atoms with E-state index >= 15 is 0 Å². The summed E-state index contributed by atoms with van der Waals surface area (Å²) in [6, 6.07) is 5.25. The fraction of sp³-hybridized carbons (Fsp3) is 0.500. The largest absolute Gasteiger partial charge is 0.416 e. The molecule has 0 fully saturated rings. The predicted molar refractivity (Wildman–Crippen MR) is 71.0 cm³/mol. The molecule has 0 bridgehead atoms. The average molecular weight is 288 g/mol. The van der Waals surface area contributed by atoms with Crippen molar-refractivity contribution in [3.8, 4) is 0 Å². The van der Waals surface area contributed by atoms with Crippen LogP contribution < -0.4 is 10.6 Å². The standard InChI is InChI=1S/C14H19F3N2O/c1-3-18-10(2)8-13(20)19-9-11-6-4-5-7-12(11)14(15,16)17/h4-7,10,18H,3,8-9H2,1-2H3,(H,19,20). The van der Waals surface area contributed by atoms with Crippen LogP contribution in [-0.4, -0.2) is 18.5 Å². The van der Waals surface area contributed by atoms with Gasteiger partial charge in [0, 0.05) is 19.0 Å². The van der Waals surface area contributed by atoms with Crippen LogP contribution in [0.15, 0.2) is 24.3 Å². The first-order valence-corrected chi connectivity index (χ1v) is 6.49. The van der Waals surface area contributed by atoms with E-state index in [0.29, 0.717) is 0 Å². The van der Waals surface area contributed by atoms with Gasteiger partial charge < -0.3 is 10.6 Å². The van der Waals surface area contributed by atoms with E-state index in [0.717, 1.165) is 12.6 Å². The highest BCUT2D eigenvalue weighted by Gasteiger charge is 2.32. The van der Waals surface area contributed by atoms with Crippen LogP contribution in [0.5, 0.6) is 0 Å². The topological polar surface area (TPSA) is 41.1 Å². The molecule has 1 aromatic rings. The Kier molecular flexibility index (Phi) is 6.01. The van der Waals surface area contributed by atoms with E-state index in [4.69, 9.17) is 0 Å². The number of carbonyl (C=O) groups is 1. The van der Waals surface area contributed by atoms with Gasteiger partial charge in [0.25, 0.3) is 0 Å². The van der Waals surface area contributed by atoms with Crippen molar-refractivity contribution in [2.75, 3.05) is 6.54 Å². The Morgan fingerprint density at radius 2 is 1.95 bits per heavy atom. The zero-order valence-electron chi connectivity index (χ0n) is 11.6. The molecule has 1 amide bonds. The number of hydrogen-bond acceptors (Lipinski definition) is 2. The third kappa shape index (κ3) is 5.21. The summed E-state index contributed by atoms with van der Waals surface area (Å²) in [7, 11) is 0. The zero-order chi connectivity index (χ0) is 15.2. The number of halogens is 3. The lowest BCUT2D eigenvalue weighted by molar-refractivity contribution is -0.138. The molecule has 0 heterocycles. The van der Waals surface area contributed by atoms with E-state index in [1.165, 1.54) is 18.2 Å². The number of benzene rings is 1. The molecule has 2 N–H and O–H groups in total. The summed E-state index contributed by atoms with van der Waals surface area (Å²) in [5.74, 6) is -0.268. The number of hydrogen-bond donors (Lipinski definition) is 2. The van der Waals surface area contributed by atoms with Gasteiger partial charge in [-0.1, -0.05) is 25.1 Å². The van der Waals surface area contributed by atoms with E-state index < -0.39 is 11.7 Å². The third-order valence-corrected chi connectivity index (χ3v) is 2.84. The van der Waals surface area contributed by atoms with Crippen molar-refractivity contribution in [1.82, 2.24) is 10.6 Å². The highest BCUT2D eigenvalue weighted by molar-refractivity contribution is 5.76. The second kappa shape index (κ2) is 7.28. The molecule has 20 heavy (non-hydrogen) atoms. The SMILES string of the molecule is CCNC(C)CC(=O)NCc1ccccc1C(F)(F)F. The quantitative estimate of drug-likeness (QED) is 0.845. The lowest BCUT2D eigenvalue weighted by Crippen LogP contribution is -2.33. The maximum atomic E-state index is 12.8. The maximum absolute atomic E-state index is 12.8. The number of carbonyl (C=O) groups excluding carboxylic acids is 1. The van der Waals surface area contributed by atoms with Crippen molar-refractivity contribution < 1.29 is 18.0 Å². The average Bonchev–Trinajstić information content (AvgIpc) is 2.36. The van der Waals surface area contributed by atoms with Crippen LogP contribution in [0.3, 0.4) is 0 Å². The van der Waals surface area contributed by atoms with E-state index in [1.54, 1.807) is 0 Å². The molecule has 112 valence electrons. The van der Waals surface area contributed by atoms with E-state index in [1.807, 2.05) is 13.8 Å². The molecule has 0 aromatic heterocycles. The van der Waals surface area contributed by atoms with Crippen LogP contribution in [0.2, 0.25) is 0 Å². The van der Waals surface area contributed by atoms with Crippen LogP contribution in [0.1, 0.15) is 31.4 Å². The first-order chi connectivity index (χ1) is 9.34. The molecule has 0 spiro atoms. The summed E-state index contributed by atoms with van der Waals surface area (Å²) in [5, 5.41) is 5.59. The van der Waals surface area contributed by atoms with Crippen molar-refractivity contribution in [2.24, 2.45) is 0 Å². The minimum absolute atomic E-state index is 0.00198. The van der Waals surface area contributed by atoms with Crippen molar-refractivity contribution in [1.29, 1.82) is 0 Å². The maximum Gasteiger partial charge on any atom is 0.416 e. The molecule has 3 nitrogen and oxygen atoms in total. The Morgan fingerprint density at radius 3 is 2.55 bits per heavy atom. The van der Waals surface area contributed by atoms with Gasteiger partial charge in [-0.2, -0.15) is 13.2 Å². The lowest BCUT2D eigenvalue weighted by Gasteiger charge is -2.15. The monoisotopic (exact) mass is 288 g/mol. The fourth-order valence-electron chi connectivity index (χ4n) is 1.92. The predicted octanol–water partition coefficient (Wildman–Crippen LogP) is 2.71. The van der Waals surface area contributed by atoms with Gasteiger partial charge in [0.1, 0.15) is 0 Å². The Hall–Kier alpha value is -1.56. The highest BCUT2D eigenvalue weighted by Crippen LogP contribution is 2.31. The van der Waals surface area contributed by atoms with Crippen molar-refractivity contribution in [3.05, 3.63) is 35.4 Å². The van der Waals surface area contributed by atoms with Gasteiger partial charge in [-0.3, -0.25) is 4.79 Å². The van der Waals surface area contributed by atoms with Gasteiger partial charge >= 0.3 is 6.18 Å². The minimum Gasteiger partial charge on any atom is -0.352 e. The fourth-order valence-corrected chi connectivity index (χ4v) is 1.92. The molecule has 0 saturated carbocycles. The van der Waals surface area contributed by atoms with Crippen LogP contribution >= 0.6 is 0 Å². The number of alkyl halides is 3. The van der Waals surface area contributed by atoms with Gasteiger partial charge in [0.15, 0.2) is 0 Å². The molecule has 6 heteroatoms. The number of amides is 1. The van der Waals surface area contributed by atoms with Crippen LogP contribution in [0.4, 0.5) is 13.2 Å². The molecule has 1 unspecified atom stereocenters. The second-order valence-electron chi connectivity index (χ2n) is 4.59. The van der Waals surface area contributed by atoms with Crippen molar-refractivity contribution in [2.45, 2.75) is 39.0 Å². The van der Waals surface area contributed by atoms with Gasteiger partial charge in [0.2, 0.25) is 5.91 Å². The number of rotatable bonds is 6. The van der Waals surface area contributed by atoms with Gasteiger partial charge in [0.05, 0.1) is 5.56 Å². The van der Waals surface area contributed by atoms with Crippen LogP contribution in [0, 0.1) is 0 Å². The Bertz CT molecular complexity index is 446. The molecule has 0 aliphatic carbocycles. The normalized spacial score (nSPS) is 13.1. The Balaban J connectivity index is 2.60. The summed E-state index contributed by atoms with van der Waals surface area (Å²) < 4.78 is 38.3. The molecular formula is C14H19F3N2O. The first-order valence-electron chi connectivity index (χ1n) is 6.49. The molecule has 0 saturated heterocycles. The molecule has 1 aromatic carbocycles. The van der Waals surface area contributed by atoms with E-state index in [2.05, 4.69) is 10.6 Å². The van der Waals surface area contributed by atoms with Gasteiger partial charge in [-0.05, 0) is 25.1 Å². The van der Waals surface area contributed by atoms with E-state index in [9.17, 15) is 18.0 Å². The number of nitrogens with one attached hydrogen (secondary N) is 2. The molecule has 0 radical (unpaired) electrons. The van der Waals surface area contributed by atoms with E-state index in [-0.39, 0.29) is 30.5 Å². The first kappa shape index (κ1) is 16.5. The third-order valence-electron chi connectivity index (χ3n) is 2.84. The van der Waals surface area contributed by atoms with Gasteiger partial charge in [-0.15, -0.1) is 0 Å². The molecule has 0 aliphatic heterocycles. The summed E-state index contributed by atoms with van der Waals surface area (Å²) >= 11 is 0. The highest BCUT2D eigenvalue weighted by atomic mass is 19.4. The van der Waals surface area contributed by atoms with Crippen molar-refractivity contribution in [3.63, 3.8) is 0 Å². The Morgan fingerprint density at radius 1 is 1.30 bits per heavy atom.